The third-order valence-corrected chi connectivity index (χ3v) is 4.05. The molecular formula is C16H24N2O2. The fourth-order valence-electron chi connectivity index (χ4n) is 3.00. The molecule has 2 rings (SSSR count). The van der Waals surface area contributed by atoms with Crippen LogP contribution >= 0.6 is 0 Å². The molecule has 2 N–H and O–H groups in total. The van der Waals surface area contributed by atoms with Crippen molar-refractivity contribution in [3.8, 4) is 5.75 Å². The number of hydrogen-bond donors (Lipinski definition) is 2. The van der Waals surface area contributed by atoms with E-state index in [4.69, 9.17) is 4.74 Å². The number of amides is 1. The van der Waals surface area contributed by atoms with Gasteiger partial charge in [0.15, 0.2) is 0 Å². The van der Waals surface area contributed by atoms with Gasteiger partial charge < -0.3 is 15.4 Å². The predicted molar refractivity (Wildman–Crippen MR) is 82.3 cm³/mol. The molecule has 0 bridgehead atoms. The lowest BCUT2D eigenvalue weighted by atomic mass is 10.0. The molecule has 1 amide bonds. The molecule has 110 valence electrons. The first kappa shape index (κ1) is 14.7. The Hall–Kier alpha value is -1.71. The number of ether oxygens (including phenoxy) is 1. The Balaban J connectivity index is 2.11. The van der Waals surface area contributed by atoms with E-state index in [0.29, 0.717) is 17.5 Å². The van der Waals surface area contributed by atoms with Crippen LogP contribution in [-0.2, 0) is 4.79 Å². The molecule has 4 nitrogen and oxygen atoms in total. The second kappa shape index (κ2) is 6.64. The van der Waals surface area contributed by atoms with Crippen LogP contribution in [0.4, 0.5) is 11.4 Å². The van der Waals surface area contributed by atoms with Crippen LogP contribution < -0.4 is 15.4 Å². The van der Waals surface area contributed by atoms with Gasteiger partial charge in [0.1, 0.15) is 5.75 Å². The molecule has 0 saturated heterocycles. The molecule has 0 aliphatic heterocycles. The number of nitrogens with one attached hydrogen (secondary N) is 2. The zero-order valence-electron chi connectivity index (χ0n) is 12.5. The third-order valence-electron chi connectivity index (χ3n) is 4.05. The molecule has 20 heavy (non-hydrogen) atoms. The molecule has 2 atom stereocenters. The van der Waals surface area contributed by atoms with E-state index < -0.39 is 0 Å². The van der Waals surface area contributed by atoms with Crippen molar-refractivity contribution in [2.75, 3.05) is 17.7 Å². The monoisotopic (exact) mass is 276 g/mol. The number of methoxy groups -OCH3 is 1. The van der Waals surface area contributed by atoms with Gasteiger partial charge in [-0.3, -0.25) is 4.79 Å². The van der Waals surface area contributed by atoms with E-state index >= 15 is 0 Å². The van der Waals surface area contributed by atoms with Crippen molar-refractivity contribution in [1.82, 2.24) is 0 Å². The third kappa shape index (κ3) is 3.44. The molecular weight excluding hydrogens is 252 g/mol. The second-order valence-electron chi connectivity index (χ2n) is 5.45. The highest BCUT2D eigenvalue weighted by Crippen LogP contribution is 2.33. The summed E-state index contributed by atoms with van der Waals surface area (Å²) in [6.07, 6.45) is 5.07. The van der Waals surface area contributed by atoms with E-state index in [1.165, 1.54) is 32.6 Å². The van der Waals surface area contributed by atoms with E-state index in [9.17, 15) is 4.79 Å². The molecule has 2 unspecified atom stereocenters. The number of benzene rings is 1. The van der Waals surface area contributed by atoms with E-state index in [1.54, 1.807) is 7.11 Å². The maximum absolute atomic E-state index is 11.1. The van der Waals surface area contributed by atoms with Gasteiger partial charge in [-0.25, -0.2) is 0 Å². The number of hydrogen-bond acceptors (Lipinski definition) is 3. The Morgan fingerprint density at radius 3 is 2.85 bits per heavy atom. The normalized spacial score (nSPS) is 21.6. The lowest BCUT2D eigenvalue weighted by Gasteiger charge is -2.21. The first-order valence-corrected chi connectivity index (χ1v) is 7.36. The van der Waals surface area contributed by atoms with Gasteiger partial charge in [-0.15, -0.1) is 0 Å². The van der Waals surface area contributed by atoms with Crippen molar-refractivity contribution in [2.24, 2.45) is 5.92 Å². The summed E-state index contributed by atoms with van der Waals surface area (Å²) in [6, 6.07) is 6.39. The summed E-state index contributed by atoms with van der Waals surface area (Å²) in [5.74, 6) is 1.36. The minimum absolute atomic E-state index is 0.0918. The number of anilines is 2. The number of carbonyl (C=O) groups is 1. The van der Waals surface area contributed by atoms with Crippen molar-refractivity contribution in [1.29, 1.82) is 0 Å². The van der Waals surface area contributed by atoms with Gasteiger partial charge in [0, 0.05) is 24.7 Å². The zero-order valence-corrected chi connectivity index (χ0v) is 12.5. The molecule has 0 heterocycles. The van der Waals surface area contributed by atoms with Gasteiger partial charge in [0.25, 0.3) is 0 Å². The van der Waals surface area contributed by atoms with E-state index in [-0.39, 0.29) is 5.91 Å². The first-order valence-electron chi connectivity index (χ1n) is 7.36. The molecule has 0 spiro atoms. The van der Waals surface area contributed by atoms with E-state index in [0.717, 1.165) is 11.6 Å². The minimum atomic E-state index is -0.0918. The Labute approximate surface area is 120 Å². The van der Waals surface area contributed by atoms with Crippen LogP contribution in [0.15, 0.2) is 18.2 Å². The van der Waals surface area contributed by atoms with Gasteiger partial charge in [-0.1, -0.05) is 19.8 Å². The van der Waals surface area contributed by atoms with Crippen molar-refractivity contribution in [3.63, 3.8) is 0 Å². The highest BCUT2D eigenvalue weighted by Gasteiger charge is 2.25. The van der Waals surface area contributed by atoms with Crippen LogP contribution in [0.1, 0.15) is 39.5 Å². The van der Waals surface area contributed by atoms with Crippen LogP contribution in [0.3, 0.4) is 0 Å². The summed E-state index contributed by atoms with van der Waals surface area (Å²) >= 11 is 0. The Bertz CT molecular complexity index is 474. The van der Waals surface area contributed by atoms with Crippen molar-refractivity contribution in [2.45, 2.75) is 45.6 Å². The summed E-state index contributed by atoms with van der Waals surface area (Å²) in [5.41, 5.74) is 1.77. The first-order chi connectivity index (χ1) is 9.63. The molecule has 1 saturated carbocycles. The fraction of sp³-hybridized carbons (Fsp3) is 0.562. The summed E-state index contributed by atoms with van der Waals surface area (Å²) in [6.45, 7) is 3.75. The van der Waals surface area contributed by atoms with Crippen molar-refractivity contribution >= 4 is 17.3 Å². The molecule has 1 fully saturated rings. The molecule has 1 aromatic carbocycles. The summed E-state index contributed by atoms with van der Waals surface area (Å²) in [4.78, 5) is 11.1. The Morgan fingerprint density at radius 2 is 2.20 bits per heavy atom. The summed E-state index contributed by atoms with van der Waals surface area (Å²) in [5, 5.41) is 6.38. The highest BCUT2D eigenvalue weighted by atomic mass is 16.5. The maximum Gasteiger partial charge on any atom is 0.221 e. The van der Waals surface area contributed by atoms with E-state index in [2.05, 4.69) is 17.6 Å². The van der Waals surface area contributed by atoms with Gasteiger partial charge in [-0.2, -0.15) is 0 Å². The largest absolute Gasteiger partial charge is 0.494 e. The Morgan fingerprint density at radius 1 is 1.40 bits per heavy atom. The SMILES string of the molecule is CCC1CCCC1Nc1ccc(NC(C)=O)c(OC)c1. The zero-order chi connectivity index (χ0) is 14.5. The average Bonchev–Trinajstić information content (AvgIpc) is 2.87. The van der Waals surface area contributed by atoms with Crippen LogP contribution in [0.25, 0.3) is 0 Å². The van der Waals surface area contributed by atoms with Crippen LogP contribution in [-0.4, -0.2) is 19.1 Å². The molecule has 0 aromatic heterocycles. The van der Waals surface area contributed by atoms with Crippen molar-refractivity contribution < 1.29 is 9.53 Å². The Kier molecular flexibility index (Phi) is 4.88. The van der Waals surface area contributed by atoms with Gasteiger partial charge in [0.2, 0.25) is 5.91 Å². The minimum Gasteiger partial charge on any atom is -0.494 e. The summed E-state index contributed by atoms with van der Waals surface area (Å²) < 4.78 is 5.35. The van der Waals surface area contributed by atoms with Gasteiger partial charge >= 0.3 is 0 Å². The fourth-order valence-corrected chi connectivity index (χ4v) is 3.00. The summed E-state index contributed by atoms with van der Waals surface area (Å²) in [7, 11) is 1.62. The van der Waals surface area contributed by atoms with Gasteiger partial charge in [-0.05, 0) is 30.9 Å². The average molecular weight is 276 g/mol. The molecule has 1 aliphatic rings. The highest BCUT2D eigenvalue weighted by molar-refractivity contribution is 5.90. The topological polar surface area (TPSA) is 50.4 Å². The molecule has 1 aliphatic carbocycles. The quantitative estimate of drug-likeness (QED) is 0.863. The lowest BCUT2D eigenvalue weighted by Crippen LogP contribution is -2.23. The molecule has 1 aromatic rings. The van der Waals surface area contributed by atoms with Crippen LogP contribution in [0.5, 0.6) is 5.75 Å². The smallest absolute Gasteiger partial charge is 0.221 e. The van der Waals surface area contributed by atoms with E-state index in [1.807, 2.05) is 18.2 Å². The lowest BCUT2D eigenvalue weighted by molar-refractivity contribution is -0.114. The second-order valence-corrected chi connectivity index (χ2v) is 5.45. The standard InChI is InChI=1S/C16H24N2O2/c1-4-12-6-5-7-14(12)18-13-8-9-15(17-11(2)19)16(10-13)20-3/h8-10,12,14,18H,4-7H2,1-3H3,(H,17,19). The number of carbonyl (C=O) groups excluding carboxylic acids is 1. The molecule has 4 heteroatoms. The van der Waals surface area contributed by atoms with Crippen molar-refractivity contribution in [3.05, 3.63) is 18.2 Å². The maximum atomic E-state index is 11.1. The van der Waals surface area contributed by atoms with Gasteiger partial charge in [0.05, 0.1) is 12.8 Å². The molecule has 0 radical (unpaired) electrons. The van der Waals surface area contributed by atoms with Crippen LogP contribution in [0, 0.1) is 5.92 Å². The van der Waals surface area contributed by atoms with Crippen LogP contribution in [0.2, 0.25) is 0 Å². The number of rotatable bonds is 5. The predicted octanol–water partition coefficient (Wildman–Crippen LogP) is 3.64.